The normalized spacial score (nSPS) is 10.6. The molecular formula is C28H25BrN2O6. The highest BCUT2D eigenvalue weighted by Gasteiger charge is 2.20. The molecule has 0 spiro atoms. The molecular weight excluding hydrogens is 540 g/mol. The molecule has 0 radical (unpaired) electrons. The fourth-order valence-corrected chi connectivity index (χ4v) is 3.82. The summed E-state index contributed by atoms with van der Waals surface area (Å²) in [5.41, 5.74) is 2.50. The Bertz CT molecular complexity index is 1340. The minimum absolute atomic E-state index is 0.0718. The Kier molecular flexibility index (Phi) is 8.58. The quantitative estimate of drug-likeness (QED) is 0.247. The summed E-state index contributed by atoms with van der Waals surface area (Å²) < 4.78 is 17.8. The van der Waals surface area contributed by atoms with Crippen LogP contribution in [0.2, 0.25) is 0 Å². The molecule has 0 fully saturated rings. The number of carbonyl (C=O) groups excluding carboxylic acids is 1. The molecule has 8 nitrogen and oxygen atoms in total. The highest BCUT2D eigenvalue weighted by molar-refractivity contribution is 9.10. The van der Waals surface area contributed by atoms with Gasteiger partial charge in [0.1, 0.15) is 23.8 Å². The fourth-order valence-electron chi connectivity index (χ4n) is 3.56. The van der Waals surface area contributed by atoms with Gasteiger partial charge in [0.05, 0.1) is 12.3 Å². The molecule has 0 unspecified atom stereocenters. The molecule has 1 amide bonds. The summed E-state index contributed by atoms with van der Waals surface area (Å²) in [5.74, 6) is 1.18. The Labute approximate surface area is 222 Å². The van der Waals surface area contributed by atoms with E-state index < -0.39 is 18.6 Å². The maximum absolute atomic E-state index is 12.6. The van der Waals surface area contributed by atoms with Crippen molar-refractivity contribution < 1.29 is 28.6 Å². The van der Waals surface area contributed by atoms with E-state index in [9.17, 15) is 14.7 Å². The van der Waals surface area contributed by atoms with Crippen molar-refractivity contribution in [1.82, 2.24) is 9.88 Å². The molecule has 0 aliphatic rings. The van der Waals surface area contributed by atoms with Crippen LogP contribution < -0.4 is 9.47 Å². The van der Waals surface area contributed by atoms with E-state index in [1.54, 1.807) is 48.5 Å². The van der Waals surface area contributed by atoms with Gasteiger partial charge in [0.2, 0.25) is 5.89 Å². The largest absolute Gasteiger partial charge is 0.493 e. The van der Waals surface area contributed by atoms with Gasteiger partial charge in [-0.3, -0.25) is 9.69 Å². The Morgan fingerprint density at radius 2 is 1.65 bits per heavy atom. The molecule has 0 saturated carbocycles. The Balaban J connectivity index is 1.32. The van der Waals surface area contributed by atoms with Crippen molar-refractivity contribution in [3.63, 3.8) is 0 Å². The lowest BCUT2D eigenvalue weighted by atomic mass is 10.2. The predicted octanol–water partition coefficient (Wildman–Crippen LogP) is 6.12. The first-order valence-corrected chi connectivity index (χ1v) is 12.3. The van der Waals surface area contributed by atoms with Crippen LogP contribution in [0.15, 0.2) is 87.8 Å². The molecule has 4 aromatic rings. The van der Waals surface area contributed by atoms with Crippen molar-refractivity contribution in [2.45, 2.75) is 19.9 Å². The van der Waals surface area contributed by atoms with Crippen LogP contribution in [0.5, 0.6) is 11.5 Å². The second-order valence-electron chi connectivity index (χ2n) is 8.20. The number of ether oxygens (including phenoxy) is 2. The maximum Gasteiger partial charge on any atom is 0.416 e. The zero-order valence-electron chi connectivity index (χ0n) is 20.1. The second kappa shape index (κ2) is 12.2. The van der Waals surface area contributed by atoms with E-state index in [0.717, 1.165) is 32.0 Å². The average Bonchev–Trinajstić information content (AvgIpc) is 3.26. The standard InChI is InChI=1S/C28H25BrN2O6/c1-19-25(30-27(36-19)21-5-3-2-4-6-21)15-16-35-23-11-7-20(8-12-23)17-31(18-26(32)33)28(34)37-24-13-9-22(29)10-14-24/h2-14H,15-18H2,1H3,(H,32,33). The number of carbonyl (C=O) groups is 2. The fraction of sp³-hybridized carbons (Fsp3) is 0.179. The van der Waals surface area contributed by atoms with Gasteiger partial charge in [-0.25, -0.2) is 9.78 Å². The van der Waals surface area contributed by atoms with E-state index in [-0.39, 0.29) is 6.54 Å². The SMILES string of the molecule is Cc1oc(-c2ccccc2)nc1CCOc1ccc(CN(CC(=O)O)C(=O)Oc2ccc(Br)cc2)cc1. The number of hydrogen-bond donors (Lipinski definition) is 1. The number of nitrogens with zero attached hydrogens (tertiary/aromatic N) is 2. The summed E-state index contributed by atoms with van der Waals surface area (Å²) in [6.07, 6.45) is -0.166. The van der Waals surface area contributed by atoms with Gasteiger partial charge in [0, 0.05) is 23.0 Å². The monoisotopic (exact) mass is 564 g/mol. The van der Waals surface area contributed by atoms with E-state index >= 15 is 0 Å². The first kappa shape index (κ1) is 26.0. The van der Waals surface area contributed by atoms with Gasteiger partial charge in [-0.2, -0.15) is 0 Å². The predicted molar refractivity (Wildman–Crippen MR) is 141 cm³/mol. The average molecular weight is 565 g/mol. The summed E-state index contributed by atoms with van der Waals surface area (Å²) in [7, 11) is 0. The molecule has 1 aromatic heterocycles. The number of carboxylic acid groups (broad SMARTS) is 1. The van der Waals surface area contributed by atoms with Crippen molar-refractivity contribution in [2.24, 2.45) is 0 Å². The summed E-state index contributed by atoms with van der Waals surface area (Å²) >= 11 is 3.32. The topological polar surface area (TPSA) is 102 Å². The Morgan fingerprint density at radius 3 is 2.32 bits per heavy atom. The van der Waals surface area contributed by atoms with E-state index in [1.807, 2.05) is 37.3 Å². The van der Waals surface area contributed by atoms with Crippen molar-refractivity contribution >= 4 is 28.0 Å². The molecule has 0 aliphatic heterocycles. The lowest BCUT2D eigenvalue weighted by Crippen LogP contribution is -2.37. The molecule has 37 heavy (non-hydrogen) atoms. The third-order valence-corrected chi connectivity index (χ3v) is 5.95. The van der Waals surface area contributed by atoms with E-state index in [4.69, 9.17) is 13.9 Å². The molecule has 1 heterocycles. The van der Waals surface area contributed by atoms with Crippen LogP contribution in [0.25, 0.3) is 11.5 Å². The van der Waals surface area contributed by atoms with Crippen LogP contribution in [0.3, 0.4) is 0 Å². The van der Waals surface area contributed by atoms with Crippen LogP contribution in [0.1, 0.15) is 17.0 Å². The Morgan fingerprint density at radius 1 is 0.973 bits per heavy atom. The third kappa shape index (κ3) is 7.44. The summed E-state index contributed by atoms with van der Waals surface area (Å²) in [6.45, 7) is 1.87. The summed E-state index contributed by atoms with van der Waals surface area (Å²) in [4.78, 5) is 29.6. The number of hydrogen-bond acceptors (Lipinski definition) is 6. The number of oxazole rings is 1. The molecule has 1 N–H and O–H groups in total. The number of aliphatic carboxylic acids is 1. The van der Waals surface area contributed by atoms with Gasteiger partial charge >= 0.3 is 12.1 Å². The third-order valence-electron chi connectivity index (χ3n) is 5.42. The maximum atomic E-state index is 12.6. The van der Waals surface area contributed by atoms with Crippen molar-refractivity contribution in [2.75, 3.05) is 13.2 Å². The number of benzene rings is 3. The van der Waals surface area contributed by atoms with Gasteiger partial charge in [0.15, 0.2) is 0 Å². The van der Waals surface area contributed by atoms with Gasteiger partial charge in [-0.15, -0.1) is 0 Å². The van der Waals surface area contributed by atoms with Crippen molar-refractivity contribution in [3.05, 3.63) is 100 Å². The lowest BCUT2D eigenvalue weighted by molar-refractivity contribution is -0.138. The van der Waals surface area contributed by atoms with Gasteiger partial charge < -0.3 is 19.0 Å². The van der Waals surface area contributed by atoms with Crippen LogP contribution in [-0.2, 0) is 17.8 Å². The first-order chi connectivity index (χ1) is 17.9. The minimum Gasteiger partial charge on any atom is -0.493 e. The van der Waals surface area contributed by atoms with E-state index in [1.165, 1.54) is 0 Å². The molecule has 3 aromatic carbocycles. The first-order valence-electron chi connectivity index (χ1n) is 11.5. The van der Waals surface area contributed by atoms with Crippen LogP contribution in [0, 0.1) is 6.92 Å². The van der Waals surface area contributed by atoms with Gasteiger partial charge in [-0.05, 0) is 61.0 Å². The molecule has 9 heteroatoms. The highest BCUT2D eigenvalue weighted by Crippen LogP contribution is 2.22. The van der Waals surface area contributed by atoms with Gasteiger partial charge in [-0.1, -0.05) is 46.3 Å². The highest BCUT2D eigenvalue weighted by atomic mass is 79.9. The van der Waals surface area contributed by atoms with Crippen LogP contribution >= 0.6 is 15.9 Å². The van der Waals surface area contributed by atoms with Crippen LogP contribution in [0.4, 0.5) is 4.79 Å². The second-order valence-corrected chi connectivity index (χ2v) is 9.12. The summed E-state index contributed by atoms with van der Waals surface area (Å²) in [6, 6.07) is 23.5. The lowest BCUT2D eigenvalue weighted by Gasteiger charge is -2.20. The minimum atomic E-state index is -1.13. The smallest absolute Gasteiger partial charge is 0.416 e. The number of amides is 1. The van der Waals surface area contributed by atoms with E-state index in [0.29, 0.717) is 30.4 Å². The number of aromatic nitrogens is 1. The molecule has 0 aliphatic carbocycles. The number of carboxylic acids is 1. The summed E-state index contributed by atoms with van der Waals surface area (Å²) in [5, 5.41) is 9.25. The zero-order chi connectivity index (χ0) is 26.2. The number of halogens is 1. The Hall–Kier alpha value is -4.11. The van der Waals surface area contributed by atoms with Gasteiger partial charge in [0.25, 0.3) is 0 Å². The zero-order valence-corrected chi connectivity index (χ0v) is 21.7. The van der Waals surface area contributed by atoms with Crippen LogP contribution in [-0.4, -0.2) is 40.2 Å². The molecule has 4 rings (SSSR count). The van der Waals surface area contributed by atoms with Crippen molar-refractivity contribution in [1.29, 1.82) is 0 Å². The number of rotatable bonds is 10. The molecule has 0 saturated heterocycles. The molecule has 0 bridgehead atoms. The molecule has 190 valence electrons. The van der Waals surface area contributed by atoms with Crippen molar-refractivity contribution in [3.8, 4) is 23.0 Å². The number of aryl methyl sites for hydroxylation is 1. The molecule has 0 atom stereocenters. The van der Waals surface area contributed by atoms with E-state index in [2.05, 4.69) is 20.9 Å².